The molecule has 25 heavy (non-hydrogen) atoms. The van der Waals surface area contributed by atoms with E-state index in [4.69, 9.17) is 23.2 Å². The molecule has 1 heterocycles. The molecule has 0 atom stereocenters. The first kappa shape index (κ1) is 17.8. The molecule has 0 bridgehead atoms. The fourth-order valence-electron chi connectivity index (χ4n) is 2.86. The molecule has 0 saturated carbocycles. The van der Waals surface area contributed by atoms with Crippen LogP contribution in [0.3, 0.4) is 0 Å². The molecule has 0 spiro atoms. The molecule has 3 rings (SSSR count). The second-order valence-electron chi connectivity index (χ2n) is 5.83. The topological polar surface area (TPSA) is 70.4 Å². The smallest absolute Gasteiger partial charge is 0.292 e. The van der Waals surface area contributed by atoms with Gasteiger partial charge in [0.2, 0.25) is 0 Å². The average Bonchev–Trinajstić information content (AvgIpc) is 2.59. The number of nitro groups is 1. The minimum atomic E-state index is -0.335. The van der Waals surface area contributed by atoms with E-state index in [1.807, 2.05) is 23.1 Å². The molecule has 2 aromatic carbocycles. The van der Waals surface area contributed by atoms with E-state index in [-0.39, 0.29) is 10.6 Å². The zero-order valence-electron chi connectivity index (χ0n) is 13.5. The van der Waals surface area contributed by atoms with Crippen LogP contribution in [0.15, 0.2) is 36.4 Å². The van der Waals surface area contributed by atoms with Gasteiger partial charge in [0.25, 0.3) is 5.69 Å². The van der Waals surface area contributed by atoms with E-state index in [0.717, 1.165) is 37.4 Å². The van der Waals surface area contributed by atoms with Crippen molar-refractivity contribution in [3.8, 4) is 0 Å². The fourth-order valence-corrected chi connectivity index (χ4v) is 3.44. The maximum Gasteiger partial charge on any atom is 0.292 e. The lowest BCUT2D eigenvalue weighted by Crippen LogP contribution is -2.43. The first-order chi connectivity index (χ1) is 12.0. The number of piperazine rings is 1. The van der Waals surface area contributed by atoms with Crippen molar-refractivity contribution < 1.29 is 4.92 Å². The standard InChI is InChI=1S/C17H18Cl2N4O2/c18-13-7-12(8-14(19)9-13)11-21-15-1-2-16(23(24)25)17(10-15)22-5-3-20-4-6-22/h1-2,7-10,20-21H,3-6,11H2. The highest BCUT2D eigenvalue weighted by molar-refractivity contribution is 6.34. The van der Waals surface area contributed by atoms with Gasteiger partial charge in [0.05, 0.1) is 4.92 Å². The number of halogens is 2. The molecule has 8 heteroatoms. The second kappa shape index (κ2) is 7.91. The van der Waals surface area contributed by atoms with Crippen molar-refractivity contribution in [2.75, 3.05) is 36.4 Å². The molecule has 0 radical (unpaired) electrons. The van der Waals surface area contributed by atoms with E-state index in [1.54, 1.807) is 18.2 Å². The highest BCUT2D eigenvalue weighted by Gasteiger charge is 2.21. The Kier molecular flexibility index (Phi) is 5.63. The summed E-state index contributed by atoms with van der Waals surface area (Å²) in [6, 6.07) is 10.4. The number of hydrogen-bond donors (Lipinski definition) is 2. The lowest BCUT2D eigenvalue weighted by Gasteiger charge is -2.29. The van der Waals surface area contributed by atoms with Crippen LogP contribution in [0.1, 0.15) is 5.56 Å². The zero-order valence-corrected chi connectivity index (χ0v) is 15.0. The third kappa shape index (κ3) is 4.54. The van der Waals surface area contributed by atoms with Crippen molar-refractivity contribution in [2.24, 2.45) is 0 Å². The van der Waals surface area contributed by atoms with Crippen LogP contribution in [0.25, 0.3) is 0 Å². The second-order valence-corrected chi connectivity index (χ2v) is 6.70. The van der Waals surface area contributed by atoms with Crippen LogP contribution in [0, 0.1) is 10.1 Å². The number of benzene rings is 2. The van der Waals surface area contributed by atoms with E-state index >= 15 is 0 Å². The Hall–Kier alpha value is -2.02. The van der Waals surface area contributed by atoms with Crippen LogP contribution in [-0.4, -0.2) is 31.1 Å². The summed E-state index contributed by atoms with van der Waals surface area (Å²) in [6.07, 6.45) is 0. The maximum absolute atomic E-state index is 11.3. The summed E-state index contributed by atoms with van der Waals surface area (Å²) in [6.45, 7) is 3.65. The Morgan fingerprint density at radius 2 is 1.80 bits per heavy atom. The third-order valence-corrected chi connectivity index (χ3v) is 4.49. The summed E-state index contributed by atoms with van der Waals surface area (Å²) >= 11 is 12.0. The monoisotopic (exact) mass is 380 g/mol. The quantitative estimate of drug-likeness (QED) is 0.607. The van der Waals surface area contributed by atoms with E-state index in [1.165, 1.54) is 0 Å². The molecule has 1 aliphatic rings. The maximum atomic E-state index is 11.3. The van der Waals surface area contributed by atoms with Crippen LogP contribution in [-0.2, 0) is 6.54 Å². The normalized spacial score (nSPS) is 14.4. The van der Waals surface area contributed by atoms with E-state index in [0.29, 0.717) is 22.3 Å². The van der Waals surface area contributed by atoms with E-state index in [2.05, 4.69) is 10.6 Å². The fraction of sp³-hybridized carbons (Fsp3) is 0.294. The van der Waals surface area contributed by atoms with Gasteiger partial charge >= 0.3 is 0 Å². The van der Waals surface area contributed by atoms with Crippen LogP contribution in [0.5, 0.6) is 0 Å². The van der Waals surface area contributed by atoms with Crippen LogP contribution in [0.2, 0.25) is 10.0 Å². The molecular formula is C17H18Cl2N4O2. The molecule has 2 aromatic rings. The first-order valence-electron chi connectivity index (χ1n) is 7.96. The molecule has 1 fully saturated rings. The van der Waals surface area contributed by atoms with Gasteiger partial charge in [-0.15, -0.1) is 0 Å². The highest BCUT2D eigenvalue weighted by Crippen LogP contribution is 2.31. The molecule has 132 valence electrons. The van der Waals surface area contributed by atoms with Gasteiger partial charge in [-0.1, -0.05) is 23.2 Å². The largest absolute Gasteiger partial charge is 0.381 e. The Labute approximate surface area is 155 Å². The SMILES string of the molecule is O=[N+]([O-])c1ccc(NCc2cc(Cl)cc(Cl)c2)cc1N1CCNCC1. The number of anilines is 2. The van der Waals surface area contributed by atoms with E-state index in [9.17, 15) is 10.1 Å². The summed E-state index contributed by atoms with van der Waals surface area (Å²) in [4.78, 5) is 13.0. The first-order valence-corrected chi connectivity index (χ1v) is 8.71. The lowest BCUT2D eigenvalue weighted by molar-refractivity contribution is -0.384. The van der Waals surface area contributed by atoms with Crippen molar-refractivity contribution in [2.45, 2.75) is 6.54 Å². The molecule has 0 aromatic heterocycles. The molecule has 0 aliphatic carbocycles. The lowest BCUT2D eigenvalue weighted by atomic mass is 10.2. The number of nitrogens with one attached hydrogen (secondary N) is 2. The molecule has 0 unspecified atom stereocenters. The predicted octanol–water partition coefficient (Wildman–Crippen LogP) is 3.92. The number of rotatable bonds is 5. The Morgan fingerprint density at radius 1 is 1.12 bits per heavy atom. The van der Waals surface area contributed by atoms with Crippen molar-refractivity contribution in [1.82, 2.24) is 5.32 Å². The van der Waals surface area contributed by atoms with Crippen LogP contribution < -0.4 is 15.5 Å². The predicted molar refractivity (Wildman–Crippen MR) is 102 cm³/mol. The summed E-state index contributed by atoms with van der Waals surface area (Å²) in [5, 5.41) is 19.0. The third-order valence-electron chi connectivity index (χ3n) is 4.05. The zero-order chi connectivity index (χ0) is 17.8. The van der Waals surface area contributed by atoms with Gasteiger partial charge in [-0.25, -0.2) is 0 Å². The van der Waals surface area contributed by atoms with Crippen LogP contribution in [0.4, 0.5) is 17.1 Å². The van der Waals surface area contributed by atoms with Gasteiger partial charge in [0, 0.05) is 54.5 Å². The van der Waals surface area contributed by atoms with Crippen molar-refractivity contribution in [3.05, 3.63) is 62.1 Å². The average molecular weight is 381 g/mol. The minimum absolute atomic E-state index is 0.123. The van der Waals surface area contributed by atoms with Gasteiger partial charge in [-0.2, -0.15) is 0 Å². The molecular weight excluding hydrogens is 363 g/mol. The molecule has 2 N–H and O–H groups in total. The Balaban J connectivity index is 1.80. The van der Waals surface area contributed by atoms with Gasteiger partial charge < -0.3 is 15.5 Å². The van der Waals surface area contributed by atoms with Gasteiger partial charge in [-0.3, -0.25) is 10.1 Å². The summed E-state index contributed by atoms with van der Waals surface area (Å²) in [5.41, 5.74) is 2.52. The number of nitrogens with zero attached hydrogens (tertiary/aromatic N) is 2. The highest BCUT2D eigenvalue weighted by atomic mass is 35.5. The summed E-state index contributed by atoms with van der Waals surface area (Å²) in [7, 11) is 0. The number of nitro benzene ring substituents is 1. The summed E-state index contributed by atoms with van der Waals surface area (Å²) in [5.74, 6) is 0. The molecule has 6 nitrogen and oxygen atoms in total. The van der Waals surface area contributed by atoms with Gasteiger partial charge in [0.1, 0.15) is 5.69 Å². The van der Waals surface area contributed by atoms with Crippen molar-refractivity contribution >= 4 is 40.3 Å². The minimum Gasteiger partial charge on any atom is -0.381 e. The van der Waals surface area contributed by atoms with Crippen molar-refractivity contribution in [3.63, 3.8) is 0 Å². The Morgan fingerprint density at radius 3 is 2.44 bits per heavy atom. The Bertz CT molecular complexity index is 759. The van der Waals surface area contributed by atoms with Crippen LogP contribution >= 0.6 is 23.2 Å². The van der Waals surface area contributed by atoms with Gasteiger partial charge in [-0.05, 0) is 35.9 Å². The summed E-state index contributed by atoms with van der Waals surface area (Å²) < 4.78 is 0. The molecule has 1 aliphatic heterocycles. The van der Waals surface area contributed by atoms with Gasteiger partial charge in [0.15, 0.2) is 0 Å². The molecule has 0 amide bonds. The van der Waals surface area contributed by atoms with Crippen molar-refractivity contribution in [1.29, 1.82) is 0 Å². The molecule has 1 saturated heterocycles. The number of hydrogen-bond acceptors (Lipinski definition) is 5. The van der Waals surface area contributed by atoms with E-state index < -0.39 is 0 Å².